The van der Waals surface area contributed by atoms with E-state index in [1.54, 1.807) is 0 Å². The van der Waals surface area contributed by atoms with Crippen LogP contribution in [-0.4, -0.2) is 23.8 Å². The molecule has 1 saturated heterocycles. The van der Waals surface area contributed by atoms with Gasteiger partial charge in [-0.25, -0.2) is 0 Å². The molecule has 2 aromatic carbocycles. The fraction of sp³-hybridized carbons (Fsp3) is 0.391. The van der Waals surface area contributed by atoms with Crippen molar-refractivity contribution >= 4 is 33.5 Å². The zero-order chi connectivity index (χ0) is 18.9. The van der Waals surface area contributed by atoms with Crippen LogP contribution >= 0.6 is 11.6 Å². The number of likely N-dealkylation sites (tertiary alicyclic amines) is 1. The third-order valence-electron chi connectivity index (χ3n) is 5.75. The molecule has 1 aliphatic heterocycles. The third kappa shape index (κ3) is 3.96. The Labute approximate surface area is 182 Å². The lowest BCUT2D eigenvalue weighted by atomic mass is 10.1. The second kappa shape index (κ2) is 8.89. The number of hydrogen-bond acceptors (Lipinski definition) is 2. The molecule has 5 heteroatoms. The average molecular weight is 465 g/mol. The molecule has 1 aliphatic rings. The Morgan fingerprint density at radius 3 is 2.61 bits per heavy atom. The number of piperidine rings is 1. The van der Waals surface area contributed by atoms with Crippen LogP contribution in [0.1, 0.15) is 39.5 Å². The molecule has 0 amide bonds. The number of ether oxygens (including phenoxy) is 1. The lowest BCUT2D eigenvalue weighted by molar-refractivity contribution is -0.926. The number of benzene rings is 2. The first kappa shape index (κ1) is 21.2. The predicted octanol–water partition coefficient (Wildman–Crippen LogP) is 3.89. The number of halogens is 2. The zero-order valence-corrected chi connectivity index (χ0v) is 18.8. The maximum atomic E-state index is 6.52. The third-order valence-corrected chi connectivity index (χ3v) is 5.99. The summed E-state index contributed by atoms with van der Waals surface area (Å²) in [5.41, 5.74) is 1.66. The Balaban J connectivity index is 0.00000225. The Morgan fingerprint density at radius 1 is 1.11 bits per heavy atom. The van der Waals surface area contributed by atoms with Gasteiger partial charge >= 0.3 is 0 Å². The van der Waals surface area contributed by atoms with Crippen molar-refractivity contribution in [2.24, 2.45) is 0 Å². The van der Waals surface area contributed by atoms with Crippen LogP contribution in [-0.2, 0) is 0 Å². The van der Waals surface area contributed by atoms with Crippen LogP contribution in [0.15, 0.2) is 53.1 Å². The summed E-state index contributed by atoms with van der Waals surface area (Å²) in [5.74, 6) is 0.875. The molecule has 4 rings (SSSR count). The van der Waals surface area contributed by atoms with Crippen LogP contribution in [0.3, 0.4) is 0 Å². The van der Waals surface area contributed by atoms with Crippen molar-refractivity contribution in [1.82, 2.24) is 0 Å². The molecule has 0 radical (unpaired) electrons. The Morgan fingerprint density at radius 2 is 1.86 bits per heavy atom. The van der Waals surface area contributed by atoms with Crippen molar-refractivity contribution in [3.8, 4) is 5.75 Å². The van der Waals surface area contributed by atoms with Gasteiger partial charge < -0.3 is 26.1 Å². The van der Waals surface area contributed by atoms with Gasteiger partial charge in [0, 0.05) is 34.3 Å². The van der Waals surface area contributed by atoms with Crippen LogP contribution in [0, 0.1) is 0 Å². The summed E-state index contributed by atoms with van der Waals surface area (Å²) in [6.07, 6.45) is 9.39. The molecule has 0 spiro atoms. The van der Waals surface area contributed by atoms with Crippen LogP contribution in [0.5, 0.6) is 5.75 Å². The van der Waals surface area contributed by atoms with Gasteiger partial charge in [0.15, 0.2) is 0 Å². The van der Waals surface area contributed by atoms with Gasteiger partial charge in [0.2, 0.25) is 6.23 Å². The van der Waals surface area contributed by atoms with Crippen molar-refractivity contribution in [2.75, 3.05) is 13.1 Å². The molecule has 0 saturated carbocycles. The van der Waals surface area contributed by atoms with Crippen molar-refractivity contribution in [2.45, 2.75) is 45.8 Å². The highest BCUT2D eigenvalue weighted by Crippen LogP contribution is 2.35. The molecule has 0 N–H and O–H groups in total. The van der Waals surface area contributed by atoms with E-state index in [0.29, 0.717) is 5.02 Å². The Hall–Kier alpha value is -1.49. The molecule has 2 unspecified atom stereocenters. The molecular weight excluding hydrogens is 438 g/mol. The van der Waals surface area contributed by atoms with Crippen LogP contribution in [0.4, 0.5) is 0 Å². The molecule has 1 aromatic heterocycles. The topological polar surface area (TPSA) is 22.4 Å². The number of hydrogen-bond donors (Lipinski definition) is 0. The first-order valence-corrected chi connectivity index (χ1v) is 10.4. The number of furan rings is 1. The monoisotopic (exact) mass is 463 g/mol. The van der Waals surface area contributed by atoms with Gasteiger partial charge in [-0.05, 0) is 56.5 Å². The van der Waals surface area contributed by atoms with E-state index in [-0.39, 0.29) is 23.2 Å². The fourth-order valence-corrected chi connectivity index (χ4v) is 4.37. The molecule has 3 nitrogen and oxygen atoms in total. The zero-order valence-electron chi connectivity index (χ0n) is 16.5. The quantitative estimate of drug-likeness (QED) is 0.535. The maximum absolute atomic E-state index is 6.52. The van der Waals surface area contributed by atoms with Crippen molar-refractivity contribution in [1.29, 1.82) is 0 Å². The lowest BCUT2D eigenvalue weighted by Crippen LogP contribution is -3.00. The van der Waals surface area contributed by atoms with Crippen molar-refractivity contribution in [3.05, 3.63) is 53.7 Å². The van der Waals surface area contributed by atoms with E-state index < -0.39 is 0 Å². The van der Waals surface area contributed by atoms with E-state index in [1.165, 1.54) is 12.8 Å². The van der Waals surface area contributed by atoms with Crippen molar-refractivity contribution in [3.63, 3.8) is 0 Å². The minimum atomic E-state index is 0. The van der Waals surface area contributed by atoms with Gasteiger partial charge in [-0.1, -0.05) is 18.5 Å². The second-order valence-electron chi connectivity index (χ2n) is 7.40. The van der Waals surface area contributed by atoms with E-state index in [9.17, 15) is 0 Å². The van der Waals surface area contributed by atoms with Gasteiger partial charge in [0.1, 0.15) is 16.9 Å². The molecule has 0 bridgehead atoms. The number of fused-ring (bicyclic) bond motifs is 3. The van der Waals surface area contributed by atoms with Crippen LogP contribution in [0.2, 0.25) is 5.02 Å². The molecule has 2 heterocycles. The summed E-state index contributed by atoms with van der Waals surface area (Å²) in [4.78, 5) is 0. The van der Waals surface area contributed by atoms with E-state index >= 15 is 0 Å². The number of rotatable bonds is 5. The molecular formula is C23H27BrClNO2. The van der Waals surface area contributed by atoms with E-state index in [4.69, 9.17) is 20.8 Å². The van der Waals surface area contributed by atoms with Gasteiger partial charge in [0.05, 0.1) is 19.3 Å². The summed E-state index contributed by atoms with van der Waals surface area (Å²) in [6.45, 7) is 6.63. The summed E-state index contributed by atoms with van der Waals surface area (Å²) in [5, 5.41) is 2.87. The van der Waals surface area contributed by atoms with Gasteiger partial charge in [-0.2, -0.15) is 0 Å². The Kier molecular flexibility index (Phi) is 6.74. The molecule has 28 heavy (non-hydrogen) atoms. The minimum absolute atomic E-state index is 0. The molecule has 2 atom stereocenters. The summed E-state index contributed by atoms with van der Waals surface area (Å²) < 4.78 is 13.4. The normalized spacial score (nSPS) is 22.6. The predicted molar refractivity (Wildman–Crippen MR) is 112 cm³/mol. The average Bonchev–Trinajstić information content (AvgIpc) is 3.04. The first-order chi connectivity index (χ1) is 13.1. The lowest BCUT2D eigenvalue weighted by Gasteiger charge is -2.43. The number of quaternary nitrogens is 1. The molecule has 1 fully saturated rings. The summed E-state index contributed by atoms with van der Waals surface area (Å²) in [7, 11) is 0. The Bertz CT molecular complexity index is 983. The van der Waals surface area contributed by atoms with E-state index in [2.05, 4.69) is 38.3 Å². The summed E-state index contributed by atoms with van der Waals surface area (Å²) >= 11 is 6.10. The SMILES string of the molecule is CCC=C[N+]1(CC)CCCCC1Oc1ccc2c(c1)oc1cc(Cl)ccc12.[Br-]. The second-order valence-corrected chi connectivity index (χ2v) is 7.84. The fourth-order valence-electron chi connectivity index (χ4n) is 4.20. The van der Waals surface area contributed by atoms with Crippen molar-refractivity contribution < 1.29 is 30.6 Å². The van der Waals surface area contributed by atoms with Crippen LogP contribution < -0.4 is 21.7 Å². The highest BCUT2D eigenvalue weighted by Gasteiger charge is 2.38. The van der Waals surface area contributed by atoms with Gasteiger partial charge in [-0.3, -0.25) is 4.48 Å². The largest absolute Gasteiger partial charge is 1.00 e. The van der Waals surface area contributed by atoms with Gasteiger partial charge in [0.25, 0.3) is 0 Å². The number of allylic oxidation sites excluding steroid dienone is 1. The standard InChI is InChI=1S/C23H27ClNO2.BrH/c1-3-5-13-25(4-2)14-7-6-8-23(25)26-18-10-12-20-19-11-9-17(24)15-21(19)27-22(20)16-18;/h5,9-13,15-16,23H,3-4,6-8,14H2,1-2H3;1H/q+1;/p-1. The van der Waals surface area contributed by atoms with Crippen LogP contribution in [0.25, 0.3) is 21.9 Å². The van der Waals surface area contributed by atoms with Gasteiger partial charge in [-0.15, -0.1) is 0 Å². The molecule has 0 aliphatic carbocycles. The molecule has 150 valence electrons. The highest BCUT2D eigenvalue weighted by molar-refractivity contribution is 6.31. The van der Waals surface area contributed by atoms with E-state index in [0.717, 1.165) is 58.1 Å². The smallest absolute Gasteiger partial charge is 0.237 e. The molecule has 3 aromatic rings. The minimum Gasteiger partial charge on any atom is -1.00 e. The van der Waals surface area contributed by atoms with E-state index in [1.807, 2.05) is 24.3 Å². The summed E-state index contributed by atoms with van der Waals surface area (Å²) in [6, 6.07) is 12.0. The first-order valence-electron chi connectivity index (χ1n) is 9.98. The highest BCUT2D eigenvalue weighted by atomic mass is 79.9. The maximum Gasteiger partial charge on any atom is 0.237 e. The number of nitrogens with zero attached hydrogens (tertiary/aromatic N) is 1.